The molecule has 3 aromatic rings. The zero-order valence-corrected chi connectivity index (χ0v) is 19.1. The first-order chi connectivity index (χ1) is 16.0. The van der Waals surface area contributed by atoms with Crippen LogP contribution in [0.2, 0.25) is 0 Å². The number of anilines is 1. The van der Waals surface area contributed by atoms with Crippen LogP contribution in [-0.2, 0) is 4.79 Å². The van der Waals surface area contributed by atoms with Gasteiger partial charge in [-0.15, -0.1) is 0 Å². The number of hydrogen-bond donors (Lipinski definition) is 1. The number of benzene rings is 3. The lowest BCUT2D eigenvalue weighted by atomic mass is 9.94. The summed E-state index contributed by atoms with van der Waals surface area (Å²) >= 11 is 0. The molecule has 0 saturated heterocycles. The van der Waals surface area contributed by atoms with E-state index in [1.54, 1.807) is 23.1 Å². The monoisotopic (exact) mass is 444 g/mol. The second-order valence-corrected chi connectivity index (χ2v) is 7.91. The molecule has 1 N–H and O–H groups in total. The average molecular weight is 445 g/mol. The Kier molecular flexibility index (Phi) is 6.63. The summed E-state index contributed by atoms with van der Waals surface area (Å²) in [5.41, 5.74) is 4.03. The van der Waals surface area contributed by atoms with Crippen LogP contribution < -0.4 is 14.8 Å². The number of fused-ring (bicyclic) bond motifs is 1. The van der Waals surface area contributed by atoms with Crippen LogP contribution in [-0.4, -0.2) is 36.5 Å². The molecule has 4 rings (SSSR count). The number of carbonyl (C=O) groups is 2. The Balaban J connectivity index is 1.82. The van der Waals surface area contributed by atoms with Crippen molar-refractivity contribution in [2.75, 3.05) is 25.1 Å². The minimum atomic E-state index is -0.422. The lowest BCUT2D eigenvalue weighted by Crippen LogP contribution is -2.39. The van der Waals surface area contributed by atoms with Crippen LogP contribution in [0.25, 0.3) is 0 Å². The number of aryl methyl sites for hydroxylation is 1. The quantitative estimate of drug-likeness (QED) is 0.583. The maximum atomic E-state index is 13.9. The molecule has 0 spiro atoms. The molecule has 1 atom stereocenters. The highest BCUT2D eigenvalue weighted by atomic mass is 16.5. The van der Waals surface area contributed by atoms with Crippen molar-refractivity contribution in [3.8, 4) is 11.5 Å². The third-order valence-electron chi connectivity index (χ3n) is 5.57. The third-order valence-corrected chi connectivity index (χ3v) is 5.57. The topological polar surface area (TPSA) is 67.9 Å². The second-order valence-electron chi connectivity index (χ2n) is 7.91. The zero-order valence-electron chi connectivity index (χ0n) is 19.1. The van der Waals surface area contributed by atoms with E-state index in [0.29, 0.717) is 30.3 Å². The van der Waals surface area contributed by atoms with Gasteiger partial charge in [-0.2, -0.15) is 0 Å². The number of ether oxygens (including phenoxy) is 2. The fraction of sp³-hybridized carbons (Fsp3) is 0.259. The van der Waals surface area contributed by atoms with E-state index < -0.39 is 6.04 Å². The standard InChI is InChI=1S/C27H28N2O4/c1-4-32-23-14-12-20(16-24(23)33-5-2)27(31)29-17-25(30)28-22-13-11-18(3)15-21(22)26(29)19-9-7-6-8-10-19/h6-16,26H,4-5,17H2,1-3H3,(H,28,30). The molecule has 1 heterocycles. The summed E-state index contributed by atoms with van der Waals surface area (Å²) in [4.78, 5) is 28.3. The van der Waals surface area contributed by atoms with Crippen LogP contribution >= 0.6 is 0 Å². The minimum Gasteiger partial charge on any atom is -0.490 e. The van der Waals surface area contributed by atoms with E-state index >= 15 is 0 Å². The van der Waals surface area contributed by atoms with Crippen molar-refractivity contribution < 1.29 is 19.1 Å². The highest BCUT2D eigenvalue weighted by Gasteiger charge is 2.34. The van der Waals surface area contributed by atoms with E-state index in [-0.39, 0.29) is 18.4 Å². The molecule has 0 aromatic heterocycles. The van der Waals surface area contributed by atoms with Gasteiger partial charge in [0.1, 0.15) is 6.54 Å². The molecule has 1 unspecified atom stereocenters. The van der Waals surface area contributed by atoms with Gasteiger partial charge < -0.3 is 19.7 Å². The number of rotatable bonds is 6. The lowest BCUT2D eigenvalue weighted by Gasteiger charge is -2.31. The predicted molar refractivity (Wildman–Crippen MR) is 128 cm³/mol. The van der Waals surface area contributed by atoms with Gasteiger partial charge >= 0.3 is 0 Å². The van der Waals surface area contributed by atoms with E-state index in [2.05, 4.69) is 5.32 Å². The summed E-state index contributed by atoms with van der Waals surface area (Å²) in [6, 6.07) is 20.4. The third kappa shape index (κ3) is 4.70. The van der Waals surface area contributed by atoms with Crippen molar-refractivity contribution in [2.45, 2.75) is 26.8 Å². The molecule has 33 heavy (non-hydrogen) atoms. The highest BCUT2D eigenvalue weighted by Crippen LogP contribution is 2.38. The number of hydrogen-bond acceptors (Lipinski definition) is 4. The summed E-state index contributed by atoms with van der Waals surface area (Å²) in [7, 11) is 0. The summed E-state index contributed by atoms with van der Waals surface area (Å²) in [5.74, 6) is 0.613. The van der Waals surface area contributed by atoms with Gasteiger partial charge in [-0.25, -0.2) is 0 Å². The van der Waals surface area contributed by atoms with Crippen LogP contribution in [0.5, 0.6) is 11.5 Å². The van der Waals surface area contributed by atoms with Crippen LogP contribution in [0.4, 0.5) is 5.69 Å². The van der Waals surface area contributed by atoms with Crippen molar-refractivity contribution in [3.05, 3.63) is 89.0 Å². The maximum Gasteiger partial charge on any atom is 0.255 e. The van der Waals surface area contributed by atoms with Gasteiger partial charge in [0.15, 0.2) is 11.5 Å². The van der Waals surface area contributed by atoms with Gasteiger partial charge in [-0.05, 0) is 50.6 Å². The van der Waals surface area contributed by atoms with Gasteiger partial charge in [0, 0.05) is 16.8 Å². The Labute approximate surface area is 194 Å². The van der Waals surface area contributed by atoms with Gasteiger partial charge in [-0.3, -0.25) is 9.59 Å². The van der Waals surface area contributed by atoms with Crippen molar-refractivity contribution in [2.24, 2.45) is 0 Å². The molecule has 0 radical (unpaired) electrons. The summed E-state index contributed by atoms with van der Waals surface area (Å²) in [6.07, 6.45) is 0. The molecular formula is C27H28N2O4. The molecule has 2 amide bonds. The molecule has 0 fully saturated rings. The normalized spacial score (nSPS) is 15.3. The van der Waals surface area contributed by atoms with Crippen LogP contribution in [0.15, 0.2) is 66.7 Å². The Bertz CT molecular complexity index is 1160. The lowest BCUT2D eigenvalue weighted by molar-refractivity contribution is -0.117. The molecule has 0 saturated carbocycles. The van der Waals surface area contributed by atoms with Crippen LogP contribution in [0.1, 0.15) is 46.9 Å². The molecule has 1 aliphatic heterocycles. The van der Waals surface area contributed by atoms with E-state index in [4.69, 9.17) is 9.47 Å². The molecule has 6 nitrogen and oxygen atoms in total. The largest absolute Gasteiger partial charge is 0.490 e. The first-order valence-corrected chi connectivity index (χ1v) is 11.2. The average Bonchev–Trinajstić information content (AvgIpc) is 2.96. The molecule has 0 bridgehead atoms. The molecule has 170 valence electrons. The summed E-state index contributed by atoms with van der Waals surface area (Å²) in [5, 5.41) is 2.97. The summed E-state index contributed by atoms with van der Waals surface area (Å²) < 4.78 is 11.4. The van der Waals surface area contributed by atoms with Crippen molar-refractivity contribution in [1.82, 2.24) is 4.90 Å². The van der Waals surface area contributed by atoms with Crippen molar-refractivity contribution >= 4 is 17.5 Å². The van der Waals surface area contributed by atoms with Gasteiger partial charge in [0.25, 0.3) is 5.91 Å². The molecule has 3 aromatic carbocycles. The van der Waals surface area contributed by atoms with E-state index in [1.165, 1.54) is 0 Å². The molecule has 0 aliphatic carbocycles. The second kappa shape index (κ2) is 9.77. The van der Waals surface area contributed by atoms with Crippen LogP contribution in [0.3, 0.4) is 0 Å². The molecular weight excluding hydrogens is 416 g/mol. The first-order valence-electron chi connectivity index (χ1n) is 11.2. The number of carbonyl (C=O) groups excluding carboxylic acids is 2. The van der Waals surface area contributed by atoms with Crippen LogP contribution in [0, 0.1) is 6.92 Å². The number of nitrogens with one attached hydrogen (secondary N) is 1. The van der Waals surface area contributed by atoms with E-state index in [1.807, 2.05) is 69.3 Å². The Morgan fingerprint density at radius 3 is 2.42 bits per heavy atom. The Morgan fingerprint density at radius 1 is 0.970 bits per heavy atom. The fourth-order valence-electron chi connectivity index (χ4n) is 4.16. The first kappa shape index (κ1) is 22.4. The van der Waals surface area contributed by atoms with Crippen molar-refractivity contribution in [1.29, 1.82) is 0 Å². The van der Waals surface area contributed by atoms with E-state index in [0.717, 1.165) is 22.4 Å². The molecule has 1 aliphatic rings. The van der Waals surface area contributed by atoms with Gasteiger partial charge in [0.05, 0.1) is 19.3 Å². The Morgan fingerprint density at radius 2 is 1.70 bits per heavy atom. The fourth-order valence-corrected chi connectivity index (χ4v) is 4.16. The molecule has 6 heteroatoms. The predicted octanol–water partition coefficient (Wildman–Crippen LogP) is 4.98. The van der Waals surface area contributed by atoms with E-state index in [9.17, 15) is 9.59 Å². The maximum absolute atomic E-state index is 13.9. The highest BCUT2D eigenvalue weighted by molar-refractivity contribution is 6.01. The Hall–Kier alpha value is -3.80. The van der Waals surface area contributed by atoms with Gasteiger partial charge in [0.2, 0.25) is 5.91 Å². The van der Waals surface area contributed by atoms with Crippen molar-refractivity contribution in [3.63, 3.8) is 0 Å². The van der Waals surface area contributed by atoms with Gasteiger partial charge in [-0.1, -0.05) is 48.0 Å². The number of amides is 2. The number of nitrogens with zero attached hydrogens (tertiary/aromatic N) is 1. The zero-order chi connectivity index (χ0) is 23.4. The summed E-state index contributed by atoms with van der Waals surface area (Å²) in [6.45, 7) is 6.66. The smallest absolute Gasteiger partial charge is 0.255 e. The SMILES string of the molecule is CCOc1ccc(C(=O)N2CC(=O)Nc3ccc(C)cc3C2c2ccccc2)cc1OCC. The minimum absolute atomic E-state index is 0.0662.